The molecule has 2 atom stereocenters. The van der Waals surface area contributed by atoms with Crippen LogP contribution in [0.2, 0.25) is 0 Å². The molecule has 1 aliphatic rings. The molecule has 0 saturated carbocycles. The van der Waals surface area contributed by atoms with Crippen LogP contribution >= 0.6 is 0 Å². The van der Waals surface area contributed by atoms with E-state index in [1.807, 2.05) is 12.1 Å². The molecule has 2 N–H and O–H groups in total. The van der Waals surface area contributed by atoms with Crippen LogP contribution < -0.4 is 0 Å². The molecule has 0 spiro atoms. The van der Waals surface area contributed by atoms with Crippen LogP contribution in [0.15, 0.2) is 48.5 Å². The van der Waals surface area contributed by atoms with Crippen LogP contribution in [0.5, 0.6) is 11.5 Å². The monoisotopic (exact) mass is 298 g/mol. The summed E-state index contributed by atoms with van der Waals surface area (Å²) in [6.45, 7) is 0.401. The van der Waals surface area contributed by atoms with Crippen molar-refractivity contribution in [1.29, 1.82) is 0 Å². The summed E-state index contributed by atoms with van der Waals surface area (Å²) < 4.78 is 5.22. The molecule has 0 aromatic heterocycles. The van der Waals surface area contributed by atoms with E-state index in [0.29, 0.717) is 19.4 Å². The number of hydrogen-bond donors (Lipinski definition) is 2. The molecular formula is C18H18O4. The lowest BCUT2D eigenvalue weighted by Crippen LogP contribution is -2.20. The first kappa shape index (κ1) is 14.4. The fourth-order valence-corrected chi connectivity index (χ4v) is 2.98. The lowest BCUT2D eigenvalue weighted by molar-refractivity contribution is -0.141. The molecule has 1 saturated heterocycles. The Morgan fingerprint density at radius 2 is 1.55 bits per heavy atom. The first-order valence-electron chi connectivity index (χ1n) is 7.34. The molecule has 0 unspecified atom stereocenters. The van der Waals surface area contributed by atoms with Gasteiger partial charge in [0.25, 0.3) is 0 Å². The van der Waals surface area contributed by atoms with E-state index in [4.69, 9.17) is 4.74 Å². The Bertz CT molecular complexity index is 680. The quantitative estimate of drug-likeness (QED) is 0.852. The first-order chi connectivity index (χ1) is 10.6. The van der Waals surface area contributed by atoms with Crippen LogP contribution in [0.25, 0.3) is 0 Å². The van der Waals surface area contributed by atoms with Gasteiger partial charge in [0, 0.05) is 5.92 Å². The number of phenolic OH excluding ortho intramolecular Hbond substituents is 2. The summed E-state index contributed by atoms with van der Waals surface area (Å²) in [5.41, 5.74) is 1.91. The van der Waals surface area contributed by atoms with Crippen molar-refractivity contribution < 1.29 is 19.7 Å². The lowest BCUT2D eigenvalue weighted by atomic mass is 9.85. The Morgan fingerprint density at radius 1 is 0.955 bits per heavy atom. The number of rotatable bonds is 4. The van der Waals surface area contributed by atoms with Crippen molar-refractivity contribution in [3.05, 3.63) is 59.7 Å². The second-order valence-corrected chi connectivity index (χ2v) is 5.74. The van der Waals surface area contributed by atoms with Crippen molar-refractivity contribution >= 4 is 5.97 Å². The van der Waals surface area contributed by atoms with Crippen LogP contribution in [-0.4, -0.2) is 22.8 Å². The van der Waals surface area contributed by atoms with Gasteiger partial charge in [-0.2, -0.15) is 0 Å². The smallest absolute Gasteiger partial charge is 0.309 e. The molecule has 0 bridgehead atoms. The van der Waals surface area contributed by atoms with E-state index in [2.05, 4.69) is 0 Å². The molecule has 2 aromatic rings. The van der Waals surface area contributed by atoms with Crippen molar-refractivity contribution in [3.8, 4) is 11.5 Å². The van der Waals surface area contributed by atoms with Crippen LogP contribution in [0.4, 0.5) is 0 Å². The van der Waals surface area contributed by atoms with E-state index in [1.54, 1.807) is 36.4 Å². The summed E-state index contributed by atoms with van der Waals surface area (Å²) >= 11 is 0. The minimum Gasteiger partial charge on any atom is -0.508 e. The standard InChI is InChI=1S/C18H18O4/c19-15-5-1-3-12(8-15)7-14-11-22-18(21)17(14)10-13-4-2-6-16(20)9-13/h1-6,8-9,14,17,19-20H,7,10-11H2/t14-,17-/m1/s1. The van der Waals surface area contributed by atoms with E-state index in [9.17, 15) is 15.0 Å². The van der Waals surface area contributed by atoms with Crippen LogP contribution in [-0.2, 0) is 22.4 Å². The van der Waals surface area contributed by atoms with Crippen molar-refractivity contribution in [2.75, 3.05) is 6.61 Å². The first-order valence-corrected chi connectivity index (χ1v) is 7.34. The van der Waals surface area contributed by atoms with Gasteiger partial charge in [0.2, 0.25) is 0 Å². The summed E-state index contributed by atoms with van der Waals surface area (Å²) in [4.78, 5) is 12.0. The molecule has 114 valence electrons. The molecule has 22 heavy (non-hydrogen) atoms. The fourth-order valence-electron chi connectivity index (χ4n) is 2.98. The third kappa shape index (κ3) is 3.22. The molecule has 0 radical (unpaired) electrons. The Morgan fingerprint density at radius 3 is 2.14 bits per heavy atom. The normalized spacial score (nSPS) is 20.8. The summed E-state index contributed by atoms with van der Waals surface area (Å²) in [6.07, 6.45) is 1.24. The van der Waals surface area contributed by atoms with Gasteiger partial charge in [-0.1, -0.05) is 24.3 Å². The molecule has 1 heterocycles. The maximum atomic E-state index is 12.0. The van der Waals surface area contributed by atoms with Crippen LogP contribution in [0.1, 0.15) is 11.1 Å². The minimum atomic E-state index is -0.218. The topological polar surface area (TPSA) is 66.8 Å². The molecule has 1 fully saturated rings. The van der Waals surface area contributed by atoms with Gasteiger partial charge in [0.15, 0.2) is 0 Å². The molecule has 1 aliphatic heterocycles. The van der Waals surface area contributed by atoms with E-state index in [0.717, 1.165) is 11.1 Å². The van der Waals surface area contributed by atoms with Crippen LogP contribution in [0.3, 0.4) is 0 Å². The average molecular weight is 298 g/mol. The predicted molar refractivity (Wildman–Crippen MR) is 81.6 cm³/mol. The maximum absolute atomic E-state index is 12.0. The third-order valence-electron chi connectivity index (χ3n) is 4.09. The molecular weight excluding hydrogens is 280 g/mol. The zero-order valence-electron chi connectivity index (χ0n) is 12.1. The second kappa shape index (κ2) is 6.10. The van der Waals surface area contributed by atoms with Crippen molar-refractivity contribution in [3.63, 3.8) is 0 Å². The largest absolute Gasteiger partial charge is 0.508 e. The Hall–Kier alpha value is -2.49. The number of carbonyl (C=O) groups excluding carboxylic acids is 1. The summed E-state index contributed by atoms with van der Waals surface area (Å²) in [6, 6.07) is 14.0. The molecule has 4 heteroatoms. The Balaban J connectivity index is 1.74. The van der Waals surface area contributed by atoms with Crippen molar-refractivity contribution in [1.82, 2.24) is 0 Å². The second-order valence-electron chi connectivity index (χ2n) is 5.74. The highest BCUT2D eigenvalue weighted by molar-refractivity contribution is 5.75. The lowest BCUT2D eigenvalue weighted by Gasteiger charge is -2.15. The van der Waals surface area contributed by atoms with Gasteiger partial charge in [0.05, 0.1) is 12.5 Å². The molecule has 4 nitrogen and oxygen atoms in total. The number of cyclic esters (lactones) is 1. The number of phenols is 2. The highest BCUT2D eigenvalue weighted by atomic mass is 16.5. The van der Waals surface area contributed by atoms with Gasteiger partial charge in [-0.05, 0) is 48.2 Å². The van der Waals surface area contributed by atoms with Crippen molar-refractivity contribution in [2.45, 2.75) is 12.8 Å². The molecule has 3 rings (SSSR count). The minimum absolute atomic E-state index is 0.0802. The van der Waals surface area contributed by atoms with Gasteiger partial charge in [0.1, 0.15) is 11.5 Å². The number of esters is 1. The van der Waals surface area contributed by atoms with Crippen molar-refractivity contribution in [2.24, 2.45) is 11.8 Å². The van der Waals surface area contributed by atoms with E-state index < -0.39 is 0 Å². The van der Waals surface area contributed by atoms with E-state index in [1.165, 1.54) is 0 Å². The Labute approximate surface area is 129 Å². The van der Waals surface area contributed by atoms with E-state index in [-0.39, 0.29) is 29.3 Å². The average Bonchev–Trinajstić information content (AvgIpc) is 2.80. The molecule has 0 aliphatic carbocycles. The number of aromatic hydroxyl groups is 2. The highest BCUT2D eigenvalue weighted by Crippen LogP contribution is 2.30. The Kier molecular flexibility index (Phi) is 4.00. The maximum Gasteiger partial charge on any atom is 0.309 e. The number of carbonyl (C=O) groups is 1. The van der Waals surface area contributed by atoms with Gasteiger partial charge in [-0.25, -0.2) is 0 Å². The summed E-state index contributed by atoms with van der Waals surface area (Å²) in [5, 5.41) is 19.1. The SMILES string of the molecule is O=C1OC[C@@H](Cc2cccc(O)c2)[C@H]1Cc1cccc(O)c1. The highest BCUT2D eigenvalue weighted by Gasteiger charge is 2.36. The third-order valence-corrected chi connectivity index (χ3v) is 4.09. The summed E-state index contributed by atoms with van der Waals surface area (Å²) in [5.74, 6) is 0.106. The van der Waals surface area contributed by atoms with Gasteiger partial charge < -0.3 is 14.9 Å². The molecule has 0 amide bonds. The van der Waals surface area contributed by atoms with Gasteiger partial charge in [-0.3, -0.25) is 4.79 Å². The number of benzene rings is 2. The van der Waals surface area contributed by atoms with E-state index >= 15 is 0 Å². The predicted octanol–water partition coefficient (Wildman–Crippen LogP) is 2.67. The van der Waals surface area contributed by atoms with Gasteiger partial charge >= 0.3 is 5.97 Å². The van der Waals surface area contributed by atoms with Gasteiger partial charge in [-0.15, -0.1) is 0 Å². The number of hydrogen-bond acceptors (Lipinski definition) is 4. The fraction of sp³-hybridized carbons (Fsp3) is 0.278. The summed E-state index contributed by atoms with van der Waals surface area (Å²) in [7, 11) is 0. The zero-order valence-corrected chi connectivity index (χ0v) is 12.1. The van der Waals surface area contributed by atoms with Crippen LogP contribution in [0, 0.1) is 11.8 Å². The number of ether oxygens (including phenoxy) is 1. The zero-order chi connectivity index (χ0) is 15.5. The molecule has 2 aromatic carbocycles.